The SMILES string of the molecule is CCCC(=O)[C@@H](C(=O)OCC)C12CC3CC(CC(C3)C1)C2. The van der Waals surface area contributed by atoms with Crippen molar-refractivity contribution >= 4 is 11.8 Å². The molecule has 0 aliphatic heterocycles. The molecular formula is C18H28O3. The second-order valence-corrected chi connectivity index (χ2v) is 7.68. The molecule has 1 atom stereocenters. The molecule has 118 valence electrons. The standard InChI is InChI=1S/C18H28O3/c1-3-5-15(19)16(17(20)21-4-2)18-9-12-6-13(10-18)8-14(7-12)11-18/h12-14,16H,3-11H2,1-2H3/t12?,13?,14?,16-,18?/m0/s1. The highest BCUT2D eigenvalue weighted by Gasteiger charge is 2.57. The van der Waals surface area contributed by atoms with Crippen molar-refractivity contribution in [1.29, 1.82) is 0 Å². The molecule has 3 heteroatoms. The van der Waals surface area contributed by atoms with Crippen LogP contribution in [0.1, 0.15) is 65.2 Å². The van der Waals surface area contributed by atoms with Crippen LogP contribution in [-0.2, 0) is 14.3 Å². The molecule has 0 radical (unpaired) electrons. The van der Waals surface area contributed by atoms with E-state index in [1.807, 2.05) is 13.8 Å². The van der Waals surface area contributed by atoms with E-state index < -0.39 is 5.92 Å². The quantitative estimate of drug-likeness (QED) is 0.553. The number of hydrogen-bond acceptors (Lipinski definition) is 3. The monoisotopic (exact) mass is 292 g/mol. The van der Waals surface area contributed by atoms with Gasteiger partial charge in [-0.05, 0) is 75.0 Å². The van der Waals surface area contributed by atoms with Gasteiger partial charge in [0.15, 0.2) is 0 Å². The molecule has 21 heavy (non-hydrogen) atoms. The van der Waals surface area contributed by atoms with Gasteiger partial charge in [0, 0.05) is 6.42 Å². The van der Waals surface area contributed by atoms with Gasteiger partial charge in [0.05, 0.1) is 6.61 Å². The number of ketones is 1. The van der Waals surface area contributed by atoms with Gasteiger partial charge < -0.3 is 4.74 Å². The van der Waals surface area contributed by atoms with Crippen molar-refractivity contribution in [3.8, 4) is 0 Å². The number of carbonyl (C=O) groups is 2. The minimum atomic E-state index is -0.481. The van der Waals surface area contributed by atoms with E-state index in [0.29, 0.717) is 13.0 Å². The average molecular weight is 292 g/mol. The van der Waals surface area contributed by atoms with Crippen LogP contribution < -0.4 is 0 Å². The summed E-state index contributed by atoms with van der Waals surface area (Å²) < 4.78 is 5.30. The first kappa shape index (κ1) is 15.1. The van der Waals surface area contributed by atoms with E-state index >= 15 is 0 Å². The van der Waals surface area contributed by atoms with Crippen LogP contribution in [0.2, 0.25) is 0 Å². The summed E-state index contributed by atoms with van der Waals surface area (Å²) in [6.07, 6.45) is 8.57. The fourth-order valence-corrected chi connectivity index (χ4v) is 5.87. The van der Waals surface area contributed by atoms with E-state index in [2.05, 4.69) is 0 Å². The van der Waals surface area contributed by atoms with Gasteiger partial charge in [0.2, 0.25) is 0 Å². The highest BCUT2D eigenvalue weighted by Crippen LogP contribution is 2.63. The Kier molecular flexibility index (Phi) is 4.11. The maximum atomic E-state index is 12.7. The summed E-state index contributed by atoms with van der Waals surface area (Å²) in [6, 6.07) is 0. The summed E-state index contributed by atoms with van der Waals surface area (Å²) in [5.74, 6) is 1.68. The molecule has 4 aliphatic carbocycles. The zero-order valence-corrected chi connectivity index (χ0v) is 13.4. The van der Waals surface area contributed by atoms with E-state index in [0.717, 1.165) is 43.4 Å². The first-order valence-corrected chi connectivity index (χ1v) is 8.77. The Morgan fingerprint density at radius 1 is 1.05 bits per heavy atom. The zero-order valence-electron chi connectivity index (χ0n) is 13.4. The molecular weight excluding hydrogens is 264 g/mol. The summed E-state index contributed by atoms with van der Waals surface area (Å²) in [5, 5.41) is 0. The van der Waals surface area contributed by atoms with Crippen molar-refractivity contribution in [3.63, 3.8) is 0 Å². The summed E-state index contributed by atoms with van der Waals surface area (Å²) in [7, 11) is 0. The molecule has 0 aromatic carbocycles. The third kappa shape index (κ3) is 2.64. The summed E-state index contributed by atoms with van der Waals surface area (Å²) in [6.45, 7) is 4.22. The first-order chi connectivity index (χ1) is 10.1. The molecule has 4 rings (SSSR count). The van der Waals surface area contributed by atoms with Crippen LogP contribution in [0.5, 0.6) is 0 Å². The fourth-order valence-electron chi connectivity index (χ4n) is 5.87. The molecule has 0 amide bonds. The van der Waals surface area contributed by atoms with E-state index in [1.165, 1.54) is 19.3 Å². The maximum absolute atomic E-state index is 12.7. The van der Waals surface area contributed by atoms with Gasteiger partial charge >= 0.3 is 5.97 Å². The Labute approximate surface area is 127 Å². The molecule has 0 N–H and O–H groups in total. The van der Waals surface area contributed by atoms with Crippen molar-refractivity contribution in [2.75, 3.05) is 6.61 Å². The maximum Gasteiger partial charge on any atom is 0.317 e. The summed E-state index contributed by atoms with van der Waals surface area (Å²) in [5.41, 5.74) is -0.0622. The summed E-state index contributed by atoms with van der Waals surface area (Å²) >= 11 is 0. The normalized spacial score (nSPS) is 38.3. The lowest BCUT2D eigenvalue weighted by Crippen LogP contribution is -2.53. The lowest BCUT2D eigenvalue weighted by atomic mass is 9.46. The minimum absolute atomic E-state index is 0.0622. The highest BCUT2D eigenvalue weighted by atomic mass is 16.5. The van der Waals surface area contributed by atoms with Gasteiger partial charge in [-0.25, -0.2) is 0 Å². The molecule has 4 saturated carbocycles. The second-order valence-electron chi connectivity index (χ2n) is 7.68. The van der Waals surface area contributed by atoms with Crippen LogP contribution >= 0.6 is 0 Å². The first-order valence-electron chi connectivity index (χ1n) is 8.77. The Balaban J connectivity index is 1.88. The average Bonchev–Trinajstić information content (AvgIpc) is 2.37. The Morgan fingerprint density at radius 2 is 1.57 bits per heavy atom. The van der Waals surface area contributed by atoms with Crippen LogP contribution in [0.25, 0.3) is 0 Å². The molecule has 0 spiro atoms. The molecule has 0 aromatic rings. The lowest BCUT2D eigenvalue weighted by Gasteiger charge is -2.58. The van der Waals surface area contributed by atoms with Crippen LogP contribution in [-0.4, -0.2) is 18.4 Å². The Bertz CT molecular complexity index is 373. The second kappa shape index (κ2) is 5.73. The summed E-state index contributed by atoms with van der Waals surface area (Å²) in [4.78, 5) is 25.2. The number of ether oxygens (including phenoxy) is 1. The van der Waals surface area contributed by atoms with Crippen molar-refractivity contribution in [2.24, 2.45) is 29.1 Å². The molecule has 4 fully saturated rings. The molecule has 3 nitrogen and oxygen atoms in total. The van der Waals surface area contributed by atoms with E-state index in [1.54, 1.807) is 0 Å². The number of esters is 1. The van der Waals surface area contributed by atoms with Crippen molar-refractivity contribution < 1.29 is 14.3 Å². The predicted octanol–water partition coefficient (Wildman–Crippen LogP) is 3.75. The Hall–Kier alpha value is -0.860. The van der Waals surface area contributed by atoms with Crippen LogP contribution in [0.4, 0.5) is 0 Å². The molecule has 0 aromatic heterocycles. The van der Waals surface area contributed by atoms with Gasteiger partial charge in [-0.3, -0.25) is 9.59 Å². The molecule has 4 aliphatic rings. The van der Waals surface area contributed by atoms with Crippen molar-refractivity contribution in [3.05, 3.63) is 0 Å². The van der Waals surface area contributed by atoms with Gasteiger partial charge in [-0.2, -0.15) is 0 Å². The minimum Gasteiger partial charge on any atom is -0.465 e. The number of rotatable bonds is 6. The number of Topliss-reactive ketones (excluding diaryl/α,β-unsaturated/α-hetero) is 1. The molecule has 4 bridgehead atoms. The largest absolute Gasteiger partial charge is 0.465 e. The van der Waals surface area contributed by atoms with Crippen molar-refractivity contribution in [2.45, 2.75) is 65.2 Å². The molecule has 0 heterocycles. The van der Waals surface area contributed by atoms with Crippen LogP contribution in [0.15, 0.2) is 0 Å². The van der Waals surface area contributed by atoms with E-state index in [-0.39, 0.29) is 17.2 Å². The van der Waals surface area contributed by atoms with Gasteiger partial charge in [-0.15, -0.1) is 0 Å². The number of carbonyl (C=O) groups excluding carboxylic acids is 2. The Morgan fingerprint density at radius 3 is 2.00 bits per heavy atom. The topological polar surface area (TPSA) is 43.4 Å². The smallest absolute Gasteiger partial charge is 0.317 e. The van der Waals surface area contributed by atoms with Crippen molar-refractivity contribution in [1.82, 2.24) is 0 Å². The molecule has 0 unspecified atom stereocenters. The third-order valence-corrected chi connectivity index (χ3v) is 6.04. The van der Waals surface area contributed by atoms with Crippen LogP contribution in [0.3, 0.4) is 0 Å². The molecule has 0 saturated heterocycles. The van der Waals surface area contributed by atoms with Gasteiger partial charge in [0.1, 0.15) is 11.7 Å². The lowest BCUT2D eigenvalue weighted by molar-refractivity contribution is -0.168. The number of hydrogen-bond donors (Lipinski definition) is 0. The van der Waals surface area contributed by atoms with Crippen LogP contribution in [0, 0.1) is 29.1 Å². The van der Waals surface area contributed by atoms with Gasteiger partial charge in [0.25, 0.3) is 0 Å². The fraction of sp³-hybridized carbons (Fsp3) is 0.889. The third-order valence-electron chi connectivity index (χ3n) is 6.04. The highest BCUT2D eigenvalue weighted by molar-refractivity contribution is 6.00. The van der Waals surface area contributed by atoms with Gasteiger partial charge in [-0.1, -0.05) is 6.92 Å². The van der Waals surface area contributed by atoms with E-state index in [9.17, 15) is 9.59 Å². The zero-order chi connectivity index (χ0) is 15.0. The van der Waals surface area contributed by atoms with E-state index in [4.69, 9.17) is 4.74 Å². The predicted molar refractivity (Wildman–Crippen MR) is 80.6 cm³/mol.